The van der Waals surface area contributed by atoms with Crippen LogP contribution in [-0.4, -0.2) is 20.2 Å². The summed E-state index contributed by atoms with van der Waals surface area (Å²) < 4.78 is 5.15. The minimum absolute atomic E-state index is 0.902. The molecular weight excluding hydrogens is 186 g/mol. The van der Waals surface area contributed by atoms with E-state index in [0.717, 1.165) is 18.8 Å². The maximum Gasteiger partial charge on any atom is 0.119 e. The van der Waals surface area contributed by atoms with Gasteiger partial charge in [-0.15, -0.1) is 0 Å². The van der Waals surface area contributed by atoms with Crippen molar-refractivity contribution in [3.8, 4) is 5.75 Å². The molecule has 0 unspecified atom stereocenters. The summed E-state index contributed by atoms with van der Waals surface area (Å²) in [5.41, 5.74) is 1.17. The highest BCUT2D eigenvalue weighted by Crippen LogP contribution is 2.13. The lowest BCUT2D eigenvalue weighted by Gasteiger charge is -2.00. The van der Waals surface area contributed by atoms with E-state index < -0.39 is 0 Å². The zero-order valence-corrected chi connectivity index (χ0v) is 9.49. The first kappa shape index (κ1) is 11.8. The Morgan fingerprint density at radius 2 is 2.27 bits per heavy atom. The second kappa shape index (κ2) is 7.07. The van der Waals surface area contributed by atoms with Crippen molar-refractivity contribution in [2.45, 2.75) is 13.3 Å². The van der Waals surface area contributed by atoms with Crippen LogP contribution in [0.2, 0.25) is 0 Å². The number of nitrogens with one attached hydrogen (secondary N) is 1. The molecule has 2 heteroatoms. The van der Waals surface area contributed by atoms with Crippen molar-refractivity contribution in [2.75, 3.05) is 20.2 Å². The van der Waals surface area contributed by atoms with Crippen LogP contribution in [0.1, 0.15) is 18.9 Å². The van der Waals surface area contributed by atoms with Gasteiger partial charge in [0.2, 0.25) is 0 Å². The Kier molecular flexibility index (Phi) is 5.56. The third-order valence-corrected chi connectivity index (χ3v) is 2.09. The smallest absolute Gasteiger partial charge is 0.119 e. The average Bonchev–Trinajstić information content (AvgIpc) is 2.29. The zero-order valence-electron chi connectivity index (χ0n) is 9.49. The van der Waals surface area contributed by atoms with E-state index in [1.165, 1.54) is 12.0 Å². The fourth-order valence-corrected chi connectivity index (χ4v) is 1.30. The van der Waals surface area contributed by atoms with Gasteiger partial charge in [0.15, 0.2) is 0 Å². The summed E-state index contributed by atoms with van der Waals surface area (Å²) in [7, 11) is 1.69. The van der Waals surface area contributed by atoms with Crippen molar-refractivity contribution >= 4 is 6.08 Å². The molecule has 0 spiro atoms. The van der Waals surface area contributed by atoms with E-state index in [9.17, 15) is 0 Å². The van der Waals surface area contributed by atoms with Gasteiger partial charge in [-0.2, -0.15) is 0 Å². The van der Waals surface area contributed by atoms with E-state index in [1.54, 1.807) is 7.11 Å². The van der Waals surface area contributed by atoms with Crippen molar-refractivity contribution in [1.29, 1.82) is 0 Å². The van der Waals surface area contributed by atoms with Crippen LogP contribution in [-0.2, 0) is 0 Å². The number of ether oxygens (including phenoxy) is 1. The number of hydrogen-bond acceptors (Lipinski definition) is 2. The predicted octanol–water partition coefficient (Wildman–Crippen LogP) is 2.71. The van der Waals surface area contributed by atoms with Crippen molar-refractivity contribution in [3.05, 3.63) is 35.9 Å². The van der Waals surface area contributed by atoms with Crippen LogP contribution in [0.3, 0.4) is 0 Å². The molecule has 1 aromatic carbocycles. The molecule has 0 aromatic heterocycles. The first-order chi connectivity index (χ1) is 7.36. The third kappa shape index (κ3) is 4.66. The minimum atomic E-state index is 0.902. The van der Waals surface area contributed by atoms with Gasteiger partial charge >= 0.3 is 0 Å². The summed E-state index contributed by atoms with van der Waals surface area (Å²) in [5, 5.41) is 3.32. The van der Waals surface area contributed by atoms with Crippen LogP contribution in [0, 0.1) is 0 Å². The second-order valence-electron chi connectivity index (χ2n) is 3.38. The Labute approximate surface area is 92.0 Å². The Hall–Kier alpha value is -1.28. The zero-order chi connectivity index (χ0) is 10.9. The summed E-state index contributed by atoms with van der Waals surface area (Å²) in [6.45, 7) is 4.16. The van der Waals surface area contributed by atoms with Gasteiger partial charge in [0.1, 0.15) is 5.75 Å². The van der Waals surface area contributed by atoms with Crippen molar-refractivity contribution in [3.63, 3.8) is 0 Å². The molecule has 1 rings (SSSR count). The average molecular weight is 205 g/mol. The summed E-state index contributed by atoms with van der Waals surface area (Å²) in [6.07, 6.45) is 5.41. The molecule has 1 N–H and O–H groups in total. The van der Waals surface area contributed by atoms with Gasteiger partial charge in [0.25, 0.3) is 0 Å². The van der Waals surface area contributed by atoms with E-state index in [0.29, 0.717) is 0 Å². The van der Waals surface area contributed by atoms with Gasteiger partial charge in [0, 0.05) is 6.54 Å². The number of hydrogen-bond donors (Lipinski definition) is 1. The fraction of sp³-hybridized carbons (Fsp3) is 0.385. The topological polar surface area (TPSA) is 21.3 Å². The number of methoxy groups -OCH3 is 1. The van der Waals surface area contributed by atoms with Crippen molar-refractivity contribution in [1.82, 2.24) is 5.32 Å². The molecule has 0 amide bonds. The lowest BCUT2D eigenvalue weighted by atomic mass is 10.2. The molecule has 0 fully saturated rings. The minimum Gasteiger partial charge on any atom is -0.497 e. The van der Waals surface area contributed by atoms with Crippen LogP contribution in [0.4, 0.5) is 0 Å². The maximum absolute atomic E-state index is 5.15. The van der Waals surface area contributed by atoms with Crippen LogP contribution in [0.25, 0.3) is 6.08 Å². The molecule has 0 aliphatic carbocycles. The van der Waals surface area contributed by atoms with E-state index in [4.69, 9.17) is 4.74 Å². The van der Waals surface area contributed by atoms with Crippen LogP contribution in [0.5, 0.6) is 5.75 Å². The third-order valence-electron chi connectivity index (χ3n) is 2.09. The second-order valence-corrected chi connectivity index (χ2v) is 3.38. The predicted molar refractivity (Wildman–Crippen MR) is 65.2 cm³/mol. The molecule has 0 saturated carbocycles. The van der Waals surface area contributed by atoms with Crippen molar-refractivity contribution in [2.24, 2.45) is 0 Å². The van der Waals surface area contributed by atoms with E-state index in [1.807, 2.05) is 18.2 Å². The van der Waals surface area contributed by atoms with Gasteiger partial charge in [0.05, 0.1) is 7.11 Å². The summed E-state index contributed by atoms with van der Waals surface area (Å²) in [4.78, 5) is 0. The van der Waals surface area contributed by atoms with Gasteiger partial charge in [-0.05, 0) is 30.7 Å². The highest BCUT2D eigenvalue weighted by molar-refractivity contribution is 5.51. The Bertz CT molecular complexity index is 307. The number of benzene rings is 1. The van der Waals surface area contributed by atoms with Gasteiger partial charge < -0.3 is 10.1 Å². The molecule has 0 aliphatic rings. The first-order valence-electron chi connectivity index (χ1n) is 5.38. The molecule has 1 aromatic rings. The van der Waals surface area contributed by atoms with Crippen LogP contribution in [0.15, 0.2) is 30.3 Å². The molecule has 0 heterocycles. The highest BCUT2D eigenvalue weighted by Gasteiger charge is 1.90. The molecule has 0 saturated heterocycles. The molecule has 0 bridgehead atoms. The monoisotopic (exact) mass is 205 g/mol. The Morgan fingerprint density at radius 1 is 1.40 bits per heavy atom. The SMILES string of the molecule is CCCNCC=Cc1cccc(OC)c1. The van der Waals surface area contributed by atoms with Gasteiger partial charge in [-0.25, -0.2) is 0 Å². The summed E-state index contributed by atoms with van der Waals surface area (Å²) in [6, 6.07) is 8.04. The quantitative estimate of drug-likeness (QED) is 0.721. The molecule has 2 nitrogen and oxygen atoms in total. The van der Waals surface area contributed by atoms with E-state index in [2.05, 4.69) is 30.5 Å². The van der Waals surface area contributed by atoms with E-state index >= 15 is 0 Å². The fourth-order valence-electron chi connectivity index (χ4n) is 1.30. The van der Waals surface area contributed by atoms with Crippen molar-refractivity contribution < 1.29 is 4.74 Å². The molecular formula is C13H19NO. The maximum atomic E-state index is 5.15. The summed E-state index contributed by atoms with van der Waals surface area (Å²) in [5.74, 6) is 0.902. The van der Waals surface area contributed by atoms with Crippen LogP contribution >= 0.6 is 0 Å². The molecule has 15 heavy (non-hydrogen) atoms. The number of rotatable bonds is 6. The Balaban J connectivity index is 2.41. The molecule has 0 aliphatic heterocycles. The molecule has 0 radical (unpaired) electrons. The first-order valence-corrected chi connectivity index (χ1v) is 5.38. The molecule has 0 atom stereocenters. The Morgan fingerprint density at radius 3 is 3.00 bits per heavy atom. The normalized spacial score (nSPS) is 10.8. The highest BCUT2D eigenvalue weighted by atomic mass is 16.5. The lowest BCUT2D eigenvalue weighted by Crippen LogP contribution is -2.13. The van der Waals surface area contributed by atoms with Gasteiger partial charge in [-0.1, -0.05) is 31.2 Å². The molecule has 82 valence electrons. The lowest BCUT2D eigenvalue weighted by molar-refractivity contribution is 0.414. The standard InChI is InChI=1S/C13H19NO/c1-3-9-14-10-5-7-12-6-4-8-13(11-12)15-2/h4-8,11,14H,3,9-10H2,1-2H3. The summed E-state index contributed by atoms with van der Waals surface area (Å²) >= 11 is 0. The van der Waals surface area contributed by atoms with Gasteiger partial charge in [-0.3, -0.25) is 0 Å². The van der Waals surface area contributed by atoms with Crippen LogP contribution < -0.4 is 10.1 Å². The largest absolute Gasteiger partial charge is 0.497 e. The van der Waals surface area contributed by atoms with E-state index in [-0.39, 0.29) is 0 Å².